The Morgan fingerprint density at radius 1 is 0.957 bits per heavy atom. The maximum absolute atomic E-state index is 8.97. The minimum Gasteiger partial charge on any atom is -0.394 e. The zero-order chi connectivity index (χ0) is 17.5. The molecular weight excluding hydrogens is 292 g/mol. The van der Waals surface area contributed by atoms with E-state index in [1.165, 1.54) is 12.8 Å². The van der Waals surface area contributed by atoms with Crippen molar-refractivity contribution in [3.05, 3.63) is 0 Å². The first kappa shape index (κ1) is 20.9. The number of ether oxygens (including phenoxy) is 3. The van der Waals surface area contributed by atoms with Gasteiger partial charge in [-0.3, -0.25) is 0 Å². The van der Waals surface area contributed by atoms with E-state index in [0.717, 1.165) is 19.3 Å². The van der Waals surface area contributed by atoms with Gasteiger partial charge < -0.3 is 19.3 Å². The highest BCUT2D eigenvalue weighted by atomic mass is 16.6. The van der Waals surface area contributed by atoms with Gasteiger partial charge in [0.25, 0.3) is 0 Å². The van der Waals surface area contributed by atoms with Crippen molar-refractivity contribution in [3.63, 3.8) is 0 Å². The van der Waals surface area contributed by atoms with Crippen LogP contribution in [-0.4, -0.2) is 48.8 Å². The van der Waals surface area contributed by atoms with Crippen LogP contribution in [0.25, 0.3) is 0 Å². The maximum atomic E-state index is 8.97. The second-order valence-corrected chi connectivity index (χ2v) is 7.84. The van der Waals surface area contributed by atoms with Gasteiger partial charge in [0.2, 0.25) is 0 Å². The Hall–Kier alpha value is -0.160. The first-order valence-electron chi connectivity index (χ1n) is 9.28. The molecular formula is C19H38O4. The van der Waals surface area contributed by atoms with Gasteiger partial charge in [0, 0.05) is 0 Å². The molecule has 0 aromatic heterocycles. The summed E-state index contributed by atoms with van der Waals surface area (Å²) in [5.74, 6) is 0. The molecule has 1 saturated carbocycles. The molecule has 1 rings (SSSR count). The van der Waals surface area contributed by atoms with Crippen molar-refractivity contribution < 1.29 is 19.3 Å². The minimum absolute atomic E-state index is 0.00430. The molecule has 0 saturated heterocycles. The van der Waals surface area contributed by atoms with E-state index >= 15 is 0 Å². The summed E-state index contributed by atoms with van der Waals surface area (Å²) < 4.78 is 17.9. The Labute approximate surface area is 142 Å². The first-order chi connectivity index (χ1) is 10.8. The van der Waals surface area contributed by atoms with E-state index in [4.69, 9.17) is 19.3 Å². The molecule has 0 aliphatic heterocycles. The summed E-state index contributed by atoms with van der Waals surface area (Å²) >= 11 is 0. The lowest BCUT2D eigenvalue weighted by atomic mass is 9.71. The van der Waals surface area contributed by atoms with Gasteiger partial charge in [-0.15, -0.1) is 0 Å². The predicted octanol–water partition coefficient (Wildman–Crippen LogP) is 3.94. The molecule has 0 radical (unpaired) electrons. The van der Waals surface area contributed by atoms with Crippen molar-refractivity contribution in [2.75, 3.05) is 19.8 Å². The third kappa shape index (κ3) is 6.00. The van der Waals surface area contributed by atoms with Gasteiger partial charge in [-0.25, -0.2) is 0 Å². The maximum Gasteiger partial charge on any atom is 0.0788 e. The van der Waals surface area contributed by atoms with Crippen LogP contribution in [0.5, 0.6) is 0 Å². The topological polar surface area (TPSA) is 47.9 Å². The van der Waals surface area contributed by atoms with Crippen LogP contribution in [0.15, 0.2) is 0 Å². The standard InChI is InChI=1S/C19H38O4/c1-7-18(5,6)19(10-8-9-11-19)23-17(4)14-22-16(3)13-21-15(2)12-20/h15-17,20H,7-14H2,1-6H3. The van der Waals surface area contributed by atoms with Crippen LogP contribution < -0.4 is 0 Å². The summed E-state index contributed by atoms with van der Waals surface area (Å²) in [6.45, 7) is 14.0. The molecule has 23 heavy (non-hydrogen) atoms. The highest BCUT2D eigenvalue weighted by Crippen LogP contribution is 2.48. The van der Waals surface area contributed by atoms with Crippen LogP contribution in [0.4, 0.5) is 0 Å². The molecule has 0 heterocycles. The predicted molar refractivity (Wildman–Crippen MR) is 93.7 cm³/mol. The number of rotatable bonds is 11. The lowest BCUT2D eigenvalue weighted by Crippen LogP contribution is -2.47. The second-order valence-electron chi connectivity index (χ2n) is 7.84. The summed E-state index contributed by atoms with van der Waals surface area (Å²) in [7, 11) is 0. The van der Waals surface area contributed by atoms with Crippen molar-refractivity contribution in [1.82, 2.24) is 0 Å². The van der Waals surface area contributed by atoms with Crippen LogP contribution in [0, 0.1) is 5.41 Å². The van der Waals surface area contributed by atoms with E-state index < -0.39 is 0 Å². The highest BCUT2D eigenvalue weighted by Gasteiger charge is 2.47. The fraction of sp³-hybridized carbons (Fsp3) is 1.00. The van der Waals surface area contributed by atoms with Gasteiger partial charge in [0.1, 0.15) is 0 Å². The summed E-state index contributed by atoms with van der Waals surface area (Å²) in [6.07, 6.45) is 5.92. The van der Waals surface area contributed by atoms with Crippen LogP contribution in [0.2, 0.25) is 0 Å². The normalized spacial score (nSPS) is 22.0. The molecule has 3 unspecified atom stereocenters. The third-order valence-corrected chi connectivity index (χ3v) is 5.44. The molecule has 0 aromatic carbocycles. The zero-order valence-electron chi connectivity index (χ0n) is 16.1. The van der Waals surface area contributed by atoms with E-state index in [9.17, 15) is 0 Å². The number of aliphatic hydroxyl groups is 1. The fourth-order valence-electron chi connectivity index (χ4n) is 3.34. The molecule has 0 spiro atoms. The van der Waals surface area contributed by atoms with Crippen LogP contribution in [0.3, 0.4) is 0 Å². The highest BCUT2D eigenvalue weighted by molar-refractivity contribution is 4.98. The molecule has 4 heteroatoms. The Morgan fingerprint density at radius 2 is 1.48 bits per heavy atom. The van der Waals surface area contributed by atoms with Crippen LogP contribution >= 0.6 is 0 Å². The van der Waals surface area contributed by atoms with Gasteiger partial charge in [-0.2, -0.15) is 0 Å². The van der Waals surface area contributed by atoms with E-state index in [0.29, 0.717) is 13.2 Å². The number of aliphatic hydroxyl groups excluding tert-OH is 1. The van der Waals surface area contributed by atoms with E-state index in [2.05, 4.69) is 27.7 Å². The zero-order valence-corrected chi connectivity index (χ0v) is 16.1. The first-order valence-corrected chi connectivity index (χ1v) is 9.28. The van der Waals surface area contributed by atoms with Crippen molar-refractivity contribution in [3.8, 4) is 0 Å². The molecule has 3 atom stereocenters. The molecule has 138 valence electrons. The van der Waals surface area contributed by atoms with Crippen molar-refractivity contribution >= 4 is 0 Å². The summed E-state index contributed by atoms with van der Waals surface area (Å²) in [5.41, 5.74) is 0.193. The van der Waals surface area contributed by atoms with Crippen molar-refractivity contribution in [2.45, 2.75) is 97.6 Å². The Morgan fingerprint density at radius 3 is 2.00 bits per heavy atom. The lowest BCUT2D eigenvalue weighted by molar-refractivity contribution is -0.172. The largest absolute Gasteiger partial charge is 0.394 e. The quantitative estimate of drug-likeness (QED) is 0.623. The van der Waals surface area contributed by atoms with E-state index in [-0.39, 0.29) is 35.9 Å². The van der Waals surface area contributed by atoms with E-state index in [1.807, 2.05) is 13.8 Å². The minimum atomic E-state index is -0.137. The summed E-state index contributed by atoms with van der Waals surface area (Å²) in [6, 6.07) is 0. The van der Waals surface area contributed by atoms with Gasteiger partial charge in [-0.05, 0) is 45.4 Å². The number of hydrogen-bond donors (Lipinski definition) is 1. The van der Waals surface area contributed by atoms with Crippen LogP contribution in [0.1, 0.15) is 73.6 Å². The van der Waals surface area contributed by atoms with Crippen LogP contribution in [-0.2, 0) is 14.2 Å². The summed E-state index contributed by atoms with van der Waals surface area (Å²) in [4.78, 5) is 0. The van der Waals surface area contributed by atoms with Gasteiger partial charge in [-0.1, -0.05) is 33.6 Å². The number of hydrogen-bond acceptors (Lipinski definition) is 4. The van der Waals surface area contributed by atoms with Gasteiger partial charge >= 0.3 is 0 Å². The SMILES string of the molecule is CCC(C)(C)C1(OC(C)COC(C)COC(C)CO)CCCC1. The molecule has 1 aliphatic rings. The molecule has 0 amide bonds. The lowest BCUT2D eigenvalue weighted by Gasteiger charge is -2.45. The Balaban J connectivity index is 2.43. The van der Waals surface area contributed by atoms with Crippen molar-refractivity contribution in [2.24, 2.45) is 5.41 Å². The third-order valence-electron chi connectivity index (χ3n) is 5.44. The molecule has 1 aliphatic carbocycles. The molecule has 1 fully saturated rings. The van der Waals surface area contributed by atoms with Gasteiger partial charge in [0.15, 0.2) is 0 Å². The Kier molecular flexibility index (Phi) is 8.50. The smallest absolute Gasteiger partial charge is 0.0788 e. The molecule has 1 N–H and O–H groups in total. The molecule has 4 nitrogen and oxygen atoms in total. The van der Waals surface area contributed by atoms with Gasteiger partial charge in [0.05, 0.1) is 43.7 Å². The molecule has 0 bridgehead atoms. The fourth-order valence-corrected chi connectivity index (χ4v) is 3.34. The average molecular weight is 331 g/mol. The summed E-state index contributed by atoms with van der Waals surface area (Å²) in [5, 5.41) is 8.97. The molecule has 0 aromatic rings. The average Bonchev–Trinajstić information content (AvgIpc) is 3.00. The Bertz CT molecular complexity index is 323. The van der Waals surface area contributed by atoms with E-state index in [1.54, 1.807) is 0 Å². The monoisotopic (exact) mass is 330 g/mol. The second kappa shape index (κ2) is 9.36. The van der Waals surface area contributed by atoms with Crippen molar-refractivity contribution in [1.29, 1.82) is 0 Å².